The topological polar surface area (TPSA) is 38.3 Å². The first kappa shape index (κ1) is 9.36. The highest BCUT2D eigenvalue weighted by Crippen LogP contribution is 2.40. The molecule has 0 bridgehead atoms. The zero-order valence-electron chi connectivity index (χ0n) is 8.41. The second kappa shape index (κ2) is 3.32. The average Bonchev–Trinajstić information content (AvgIpc) is 2.67. The van der Waals surface area contributed by atoms with Crippen LogP contribution in [0.2, 0.25) is 0 Å². The smallest absolute Gasteiger partial charge is 0.180 e. The number of fused-ring (bicyclic) bond motifs is 1. The van der Waals surface area contributed by atoms with Gasteiger partial charge in [0.2, 0.25) is 0 Å². The molecule has 0 aliphatic carbocycles. The van der Waals surface area contributed by atoms with Gasteiger partial charge in [0.25, 0.3) is 0 Å². The fourth-order valence-corrected chi connectivity index (χ4v) is 3.14. The fourth-order valence-electron chi connectivity index (χ4n) is 2.38. The molecule has 1 aromatic heterocycles. The molecule has 3 nitrogen and oxygen atoms in total. The van der Waals surface area contributed by atoms with Gasteiger partial charge in [-0.25, -0.2) is 0 Å². The van der Waals surface area contributed by atoms with E-state index >= 15 is 0 Å². The normalized spacial score (nSPS) is 23.6. The Hall–Kier alpha value is -0.870. The summed E-state index contributed by atoms with van der Waals surface area (Å²) < 4.78 is 6.02. The van der Waals surface area contributed by atoms with Crippen LogP contribution in [0.5, 0.6) is 5.75 Å². The Morgan fingerprint density at radius 3 is 3.00 bits per heavy atom. The van der Waals surface area contributed by atoms with Crippen LogP contribution in [-0.2, 0) is 0 Å². The van der Waals surface area contributed by atoms with E-state index in [1.165, 1.54) is 11.3 Å². The van der Waals surface area contributed by atoms with E-state index in [0.29, 0.717) is 6.42 Å². The van der Waals surface area contributed by atoms with Gasteiger partial charge in [-0.1, -0.05) is 0 Å². The Balaban J connectivity index is 1.94. The molecule has 1 fully saturated rings. The minimum absolute atomic E-state index is 0.212. The average molecular weight is 223 g/mol. The summed E-state index contributed by atoms with van der Waals surface area (Å²) in [6.07, 6.45) is 2.43. The van der Waals surface area contributed by atoms with E-state index in [0.717, 1.165) is 36.6 Å². The van der Waals surface area contributed by atoms with E-state index in [-0.39, 0.29) is 11.4 Å². The van der Waals surface area contributed by atoms with Crippen LogP contribution >= 0.6 is 11.3 Å². The molecule has 1 aromatic rings. The second-order valence-electron chi connectivity index (χ2n) is 4.25. The summed E-state index contributed by atoms with van der Waals surface area (Å²) in [4.78, 5) is 12.7. The lowest BCUT2D eigenvalue weighted by Crippen LogP contribution is -2.49. The number of carbonyl (C=O) groups excluding carboxylic acids is 1. The molecule has 0 saturated carbocycles. The Labute approximate surface area is 92.4 Å². The van der Waals surface area contributed by atoms with Crippen LogP contribution in [0.3, 0.4) is 0 Å². The third-order valence-corrected chi connectivity index (χ3v) is 4.14. The van der Waals surface area contributed by atoms with Gasteiger partial charge < -0.3 is 10.1 Å². The zero-order chi connectivity index (χ0) is 10.3. The molecule has 0 radical (unpaired) electrons. The van der Waals surface area contributed by atoms with Crippen LogP contribution in [0.1, 0.15) is 28.9 Å². The maximum Gasteiger partial charge on any atom is 0.180 e. The summed E-state index contributed by atoms with van der Waals surface area (Å²) in [5, 5.41) is 5.23. The van der Waals surface area contributed by atoms with Gasteiger partial charge >= 0.3 is 0 Å². The third-order valence-electron chi connectivity index (χ3n) is 3.21. The quantitative estimate of drug-likeness (QED) is 0.729. The Morgan fingerprint density at radius 2 is 2.20 bits per heavy atom. The van der Waals surface area contributed by atoms with Gasteiger partial charge in [-0.2, -0.15) is 0 Å². The lowest BCUT2D eigenvalue weighted by atomic mass is 9.85. The van der Waals surface area contributed by atoms with Crippen LogP contribution in [-0.4, -0.2) is 24.5 Å². The summed E-state index contributed by atoms with van der Waals surface area (Å²) in [6, 6.07) is 1.92. The number of ketones is 1. The first-order chi connectivity index (χ1) is 7.29. The van der Waals surface area contributed by atoms with Crippen LogP contribution in [0.25, 0.3) is 0 Å². The molecule has 4 heteroatoms. The predicted octanol–water partition coefficient (Wildman–Crippen LogP) is 1.84. The molecule has 0 unspecified atom stereocenters. The van der Waals surface area contributed by atoms with Crippen molar-refractivity contribution in [2.24, 2.45) is 0 Å². The summed E-state index contributed by atoms with van der Waals surface area (Å²) in [5.74, 6) is 1.06. The first-order valence-corrected chi connectivity index (χ1v) is 6.18. The zero-order valence-corrected chi connectivity index (χ0v) is 9.23. The number of thiophene rings is 1. The Morgan fingerprint density at radius 1 is 1.40 bits per heavy atom. The standard InChI is InChI=1S/C11H13NO2S/c13-8-7-11(2-4-12-5-3-11)14-9-1-6-15-10(8)9/h1,6,12H,2-5,7H2. The molecular formula is C11H13NO2S. The summed E-state index contributed by atoms with van der Waals surface area (Å²) in [6.45, 7) is 1.90. The van der Waals surface area contributed by atoms with Gasteiger partial charge in [0.15, 0.2) is 5.78 Å². The summed E-state index contributed by atoms with van der Waals surface area (Å²) >= 11 is 1.49. The summed E-state index contributed by atoms with van der Waals surface area (Å²) in [5.41, 5.74) is -0.212. The van der Waals surface area contributed by atoms with Gasteiger partial charge in [0, 0.05) is 12.8 Å². The van der Waals surface area contributed by atoms with E-state index in [1.807, 2.05) is 11.4 Å². The third kappa shape index (κ3) is 1.48. The minimum Gasteiger partial charge on any atom is -0.485 e. The minimum atomic E-state index is -0.212. The SMILES string of the molecule is O=C1CC2(CCNCC2)Oc2ccsc21. The van der Waals surface area contributed by atoms with Gasteiger partial charge in [-0.15, -0.1) is 11.3 Å². The molecule has 15 heavy (non-hydrogen) atoms. The number of carbonyl (C=O) groups is 1. The summed E-state index contributed by atoms with van der Waals surface area (Å²) in [7, 11) is 0. The van der Waals surface area contributed by atoms with Crippen LogP contribution in [0, 0.1) is 0 Å². The number of ether oxygens (including phenoxy) is 1. The van der Waals surface area contributed by atoms with E-state index in [1.54, 1.807) is 0 Å². The molecule has 2 aliphatic heterocycles. The number of Topliss-reactive ketones (excluding diaryl/α,β-unsaturated/α-hetero) is 1. The van der Waals surface area contributed by atoms with E-state index in [9.17, 15) is 4.79 Å². The van der Waals surface area contributed by atoms with Crippen molar-refractivity contribution in [3.63, 3.8) is 0 Å². The molecule has 1 N–H and O–H groups in total. The lowest BCUT2D eigenvalue weighted by molar-refractivity contribution is 0.0197. The number of hydrogen-bond donors (Lipinski definition) is 1. The molecular weight excluding hydrogens is 210 g/mol. The Bertz CT molecular complexity index is 393. The number of piperidine rings is 1. The van der Waals surface area contributed by atoms with Gasteiger partial charge in [-0.3, -0.25) is 4.79 Å². The van der Waals surface area contributed by atoms with Crippen molar-refractivity contribution in [3.05, 3.63) is 16.3 Å². The van der Waals surface area contributed by atoms with Gasteiger partial charge in [-0.05, 0) is 24.5 Å². The predicted molar refractivity (Wildman–Crippen MR) is 58.7 cm³/mol. The lowest BCUT2D eigenvalue weighted by Gasteiger charge is -2.39. The molecule has 2 aliphatic rings. The van der Waals surface area contributed by atoms with Crippen molar-refractivity contribution in [2.45, 2.75) is 24.9 Å². The van der Waals surface area contributed by atoms with Crippen LogP contribution in [0.4, 0.5) is 0 Å². The highest BCUT2D eigenvalue weighted by atomic mass is 32.1. The fraction of sp³-hybridized carbons (Fsp3) is 0.545. The van der Waals surface area contributed by atoms with Gasteiger partial charge in [0.1, 0.15) is 16.2 Å². The molecule has 80 valence electrons. The molecule has 1 saturated heterocycles. The Kier molecular flexibility index (Phi) is 2.07. The van der Waals surface area contributed by atoms with Gasteiger partial charge in [0.05, 0.1) is 6.42 Å². The molecule has 0 aromatic carbocycles. The molecule has 0 atom stereocenters. The largest absolute Gasteiger partial charge is 0.485 e. The van der Waals surface area contributed by atoms with E-state index < -0.39 is 0 Å². The molecule has 3 heterocycles. The van der Waals surface area contributed by atoms with E-state index in [2.05, 4.69) is 5.32 Å². The number of rotatable bonds is 0. The highest BCUT2D eigenvalue weighted by Gasteiger charge is 2.41. The molecule has 1 spiro atoms. The van der Waals surface area contributed by atoms with Crippen molar-refractivity contribution < 1.29 is 9.53 Å². The van der Waals surface area contributed by atoms with Crippen molar-refractivity contribution >= 4 is 17.1 Å². The van der Waals surface area contributed by atoms with Crippen molar-refractivity contribution in [2.75, 3.05) is 13.1 Å². The number of nitrogens with one attached hydrogen (secondary N) is 1. The number of hydrogen-bond acceptors (Lipinski definition) is 4. The first-order valence-electron chi connectivity index (χ1n) is 5.30. The maximum atomic E-state index is 11.9. The monoisotopic (exact) mass is 223 g/mol. The van der Waals surface area contributed by atoms with Crippen molar-refractivity contribution in [3.8, 4) is 5.75 Å². The van der Waals surface area contributed by atoms with E-state index in [4.69, 9.17) is 4.74 Å². The van der Waals surface area contributed by atoms with Crippen molar-refractivity contribution in [1.82, 2.24) is 5.32 Å². The molecule has 0 amide bonds. The van der Waals surface area contributed by atoms with Crippen LogP contribution in [0.15, 0.2) is 11.4 Å². The molecule has 3 rings (SSSR count). The second-order valence-corrected chi connectivity index (χ2v) is 5.17. The van der Waals surface area contributed by atoms with Crippen molar-refractivity contribution in [1.29, 1.82) is 0 Å². The maximum absolute atomic E-state index is 11.9. The van der Waals surface area contributed by atoms with Crippen LogP contribution < -0.4 is 10.1 Å². The highest BCUT2D eigenvalue weighted by molar-refractivity contribution is 7.12.